The number of nitrogens with zero attached hydrogens (tertiary/aromatic N) is 2. The molecule has 0 radical (unpaired) electrons. The quantitative estimate of drug-likeness (QED) is 0.165. The first-order valence-corrected chi connectivity index (χ1v) is 26.3. The van der Waals surface area contributed by atoms with Crippen LogP contribution in [0.3, 0.4) is 0 Å². The first-order valence-electron chi connectivity index (χ1n) is 26.3. The number of furan rings is 1. The summed E-state index contributed by atoms with van der Waals surface area (Å²) in [6, 6.07) is 56.7. The normalized spacial score (nSPS) is 14.0. The van der Waals surface area contributed by atoms with Crippen LogP contribution in [0.25, 0.3) is 77.1 Å². The van der Waals surface area contributed by atoms with Gasteiger partial charge in [-0.2, -0.15) is 0 Å². The van der Waals surface area contributed by atoms with Crippen molar-refractivity contribution in [3.63, 3.8) is 0 Å². The molecule has 0 unspecified atom stereocenters. The van der Waals surface area contributed by atoms with Crippen LogP contribution in [0.2, 0.25) is 0 Å². The molecule has 2 aliphatic rings. The zero-order valence-corrected chi connectivity index (χ0v) is 45.2. The molecule has 360 valence electrons. The van der Waals surface area contributed by atoms with Crippen LogP contribution in [0.15, 0.2) is 150 Å². The minimum Gasteiger partial charge on any atom is -0.456 e. The highest BCUT2D eigenvalue weighted by Crippen LogP contribution is 2.53. The van der Waals surface area contributed by atoms with Crippen LogP contribution in [-0.2, 0) is 27.1 Å². The highest BCUT2D eigenvalue weighted by molar-refractivity contribution is 6.90. The first kappa shape index (κ1) is 46.3. The second-order valence-corrected chi connectivity index (χ2v) is 26.3. The van der Waals surface area contributed by atoms with Crippen molar-refractivity contribution in [2.75, 3.05) is 4.90 Å². The molecule has 0 atom stereocenters. The summed E-state index contributed by atoms with van der Waals surface area (Å²) in [5.41, 5.74) is 23.5. The molecule has 2 aliphatic heterocycles. The maximum absolute atomic E-state index is 6.60. The maximum Gasteiger partial charge on any atom is 0.333 e. The van der Waals surface area contributed by atoms with Gasteiger partial charge in [-0.15, -0.1) is 0 Å². The molecule has 0 saturated carbocycles. The highest BCUT2D eigenvalue weighted by atomic mass is 16.3. The molecule has 0 amide bonds. The fourth-order valence-electron chi connectivity index (χ4n) is 11.9. The van der Waals surface area contributed by atoms with E-state index in [4.69, 9.17) is 4.42 Å². The Labute approximate surface area is 428 Å². The van der Waals surface area contributed by atoms with Gasteiger partial charge < -0.3 is 13.8 Å². The Bertz CT molecular complexity index is 3850. The van der Waals surface area contributed by atoms with Gasteiger partial charge in [0.1, 0.15) is 11.2 Å². The maximum atomic E-state index is 6.60. The average molecular weight is 941 g/mol. The van der Waals surface area contributed by atoms with Crippen LogP contribution in [0, 0.1) is 0 Å². The van der Waals surface area contributed by atoms with Crippen LogP contribution >= 0.6 is 0 Å². The lowest BCUT2D eigenvalue weighted by atomic mass is 9.44. The fourth-order valence-corrected chi connectivity index (χ4v) is 11.9. The molecule has 12 rings (SSSR count). The van der Waals surface area contributed by atoms with Gasteiger partial charge in [-0.25, -0.2) is 0 Å². The minimum absolute atomic E-state index is 0.00984. The molecule has 3 nitrogen and oxygen atoms in total. The van der Waals surface area contributed by atoms with Crippen LogP contribution in [0.5, 0.6) is 0 Å². The summed E-state index contributed by atoms with van der Waals surface area (Å²) in [6.45, 7) is 34.9. The Kier molecular flexibility index (Phi) is 9.89. The Morgan fingerprint density at radius 1 is 0.417 bits per heavy atom. The van der Waals surface area contributed by atoms with E-state index in [2.05, 4.69) is 259 Å². The molecule has 4 heteroatoms. The molecule has 0 aliphatic carbocycles. The highest BCUT2D eigenvalue weighted by Gasteiger charge is 2.46. The summed E-state index contributed by atoms with van der Waals surface area (Å²) in [4.78, 5) is 2.63. The molecule has 2 aromatic heterocycles. The third kappa shape index (κ3) is 7.14. The monoisotopic (exact) mass is 941 g/mol. The van der Waals surface area contributed by atoms with Crippen LogP contribution < -0.4 is 15.8 Å². The first-order chi connectivity index (χ1) is 33.9. The Balaban J connectivity index is 1.29. The number of fused-ring (bicyclic) bond motifs is 9. The standard InChI is InChI=1S/C68H69BN2O/c1-64(2,3)43-25-20-40(21-26-43)59-54-37-46(67(10,11)12)36-53-52-35-47(68(13,14)15)38-56-60(52)69(71(62(53)54)61(59)41-22-27-44(28-23-41)65(4,5)6)55-33-24-42-34-58-51(49-18-16-17-19-57(49)72-58)39-50(42)63(55)70(56)48-31-29-45(30-32-48)66(7,8)9/h16-39H,1-15H3. The van der Waals surface area contributed by atoms with Gasteiger partial charge >= 0.3 is 6.85 Å². The van der Waals surface area contributed by atoms with E-state index in [0.717, 1.165) is 33.0 Å². The average Bonchev–Trinajstić information content (AvgIpc) is 3.86. The van der Waals surface area contributed by atoms with Crippen molar-refractivity contribution >= 4 is 78.4 Å². The molecular weight excluding hydrogens is 872 g/mol. The number of hydrogen-bond acceptors (Lipinski definition) is 2. The number of rotatable bonds is 3. The Morgan fingerprint density at radius 3 is 1.56 bits per heavy atom. The molecule has 10 aromatic rings. The molecule has 0 spiro atoms. The number of aromatic nitrogens is 1. The summed E-state index contributed by atoms with van der Waals surface area (Å²) in [5.74, 6) is 0. The summed E-state index contributed by atoms with van der Waals surface area (Å²) < 4.78 is 9.38. The molecule has 0 fully saturated rings. The second kappa shape index (κ2) is 15.4. The molecule has 72 heavy (non-hydrogen) atoms. The summed E-state index contributed by atoms with van der Waals surface area (Å²) in [5, 5.41) is 5.95. The van der Waals surface area contributed by atoms with Crippen molar-refractivity contribution < 1.29 is 4.42 Å². The number of para-hydroxylation sites is 1. The molecule has 0 N–H and O–H groups in total. The van der Waals surface area contributed by atoms with E-state index < -0.39 is 0 Å². The SMILES string of the molecule is CC(C)(C)c1ccc(-c2c(-c3ccc(C(C)(C)C)cc3)n3c4c(cc(C(C)(C)C)cc24)-c2cc(C(C)(C)C)cc4c2B3c2ccc3cc5oc6ccccc6c5cc3c2N4c2ccc(C(C)(C)C)cc2)cc1. The van der Waals surface area contributed by atoms with Gasteiger partial charge in [-0.3, -0.25) is 0 Å². The van der Waals surface area contributed by atoms with Crippen molar-refractivity contribution in [3.8, 4) is 33.5 Å². The van der Waals surface area contributed by atoms with Crippen LogP contribution in [0.4, 0.5) is 17.1 Å². The van der Waals surface area contributed by atoms with Crippen molar-refractivity contribution in [3.05, 3.63) is 173 Å². The smallest absolute Gasteiger partial charge is 0.333 e. The fraction of sp³-hybridized carbons (Fsp3) is 0.294. The van der Waals surface area contributed by atoms with Gasteiger partial charge in [0.05, 0.1) is 5.69 Å². The van der Waals surface area contributed by atoms with Gasteiger partial charge in [0, 0.05) is 55.3 Å². The molecule has 0 saturated heterocycles. The Hall–Kier alpha value is -6.78. The lowest BCUT2D eigenvalue weighted by Gasteiger charge is -2.42. The van der Waals surface area contributed by atoms with E-state index in [1.165, 1.54) is 99.9 Å². The van der Waals surface area contributed by atoms with Gasteiger partial charge in [0.2, 0.25) is 0 Å². The van der Waals surface area contributed by atoms with Crippen molar-refractivity contribution in [2.45, 2.75) is 131 Å². The topological polar surface area (TPSA) is 21.3 Å². The minimum atomic E-state index is -0.152. The van der Waals surface area contributed by atoms with Crippen molar-refractivity contribution in [1.82, 2.24) is 4.48 Å². The van der Waals surface area contributed by atoms with E-state index in [-0.39, 0.29) is 33.9 Å². The number of hydrogen-bond donors (Lipinski definition) is 0. The molecule has 4 heterocycles. The van der Waals surface area contributed by atoms with Gasteiger partial charge in [0.25, 0.3) is 0 Å². The van der Waals surface area contributed by atoms with Crippen LogP contribution in [-0.4, -0.2) is 11.3 Å². The molecule has 0 bridgehead atoms. The van der Waals surface area contributed by atoms with E-state index in [1.54, 1.807) is 0 Å². The third-order valence-corrected chi connectivity index (χ3v) is 16.1. The van der Waals surface area contributed by atoms with Crippen molar-refractivity contribution in [2.24, 2.45) is 0 Å². The summed E-state index contributed by atoms with van der Waals surface area (Å²) in [6.07, 6.45) is 0. The van der Waals surface area contributed by atoms with Gasteiger partial charge in [-0.1, -0.05) is 201 Å². The summed E-state index contributed by atoms with van der Waals surface area (Å²) >= 11 is 0. The van der Waals surface area contributed by atoms with Crippen LogP contribution in [0.1, 0.15) is 132 Å². The predicted molar refractivity (Wildman–Crippen MR) is 312 cm³/mol. The van der Waals surface area contributed by atoms with E-state index in [1.807, 2.05) is 0 Å². The molecular formula is C68H69BN2O. The zero-order chi connectivity index (χ0) is 50.8. The van der Waals surface area contributed by atoms with E-state index in [0.29, 0.717) is 0 Å². The summed E-state index contributed by atoms with van der Waals surface area (Å²) in [7, 11) is 0. The second-order valence-electron chi connectivity index (χ2n) is 26.3. The third-order valence-electron chi connectivity index (χ3n) is 16.1. The molecule has 8 aromatic carbocycles. The van der Waals surface area contributed by atoms with E-state index in [9.17, 15) is 0 Å². The predicted octanol–water partition coefficient (Wildman–Crippen LogP) is 17.9. The van der Waals surface area contributed by atoms with E-state index >= 15 is 0 Å². The van der Waals surface area contributed by atoms with Gasteiger partial charge in [0.15, 0.2) is 0 Å². The van der Waals surface area contributed by atoms with Crippen molar-refractivity contribution in [1.29, 1.82) is 0 Å². The number of anilines is 3. The zero-order valence-electron chi connectivity index (χ0n) is 45.2. The lowest BCUT2D eigenvalue weighted by molar-refractivity contribution is 0.589. The Morgan fingerprint density at radius 2 is 0.958 bits per heavy atom. The van der Waals surface area contributed by atoms with Gasteiger partial charge in [-0.05, 0) is 136 Å². The number of benzene rings is 8. The lowest BCUT2D eigenvalue weighted by Crippen LogP contribution is -2.57. The largest absolute Gasteiger partial charge is 0.456 e.